The van der Waals surface area contributed by atoms with Crippen LogP contribution in [0.5, 0.6) is 0 Å². The maximum atomic E-state index is 11.8. The van der Waals surface area contributed by atoms with Crippen LogP contribution in [-0.4, -0.2) is 39.7 Å². The van der Waals surface area contributed by atoms with Crippen molar-refractivity contribution >= 4 is 29.4 Å². The first-order chi connectivity index (χ1) is 7.74. The summed E-state index contributed by atoms with van der Waals surface area (Å²) in [5.74, 6) is 1.89. The quantitative estimate of drug-likeness (QED) is 0.823. The van der Waals surface area contributed by atoms with Gasteiger partial charge in [0.1, 0.15) is 5.37 Å². The molecule has 5 heteroatoms. The Kier molecular flexibility index (Phi) is 3.86. The fraction of sp³-hybridized carbons (Fsp3) is 0.545. The monoisotopic (exact) mass is 256 g/mol. The molecule has 0 aromatic carbocycles. The van der Waals surface area contributed by atoms with Crippen molar-refractivity contribution < 1.29 is 4.79 Å². The minimum absolute atomic E-state index is 0.208. The largest absolute Gasteiger partial charge is 0.352 e. The predicted molar refractivity (Wildman–Crippen MR) is 70.7 cm³/mol. The van der Waals surface area contributed by atoms with Crippen molar-refractivity contribution in [3.05, 3.63) is 24.0 Å². The van der Waals surface area contributed by atoms with E-state index in [9.17, 15) is 4.79 Å². The summed E-state index contributed by atoms with van der Waals surface area (Å²) in [6.07, 6.45) is 4.11. The zero-order chi connectivity index (χ0) is 11.5. The molecule has 1 fully saturated rings. The van der Waals surface area contributed by atoms with Crippen molar-refractivity contribution in [3.8, 4) is 0 Å². The molecule has 0 aliphatic carbocycles. The van der Waals surface area contributed by atoms with Crippen LogP contribution in [0.15, 0.2) is 18.3 Å². The summed E-state index contributed by atoms with van der Waals surface area (Å²) in [7, 11) is 2.03. The number of thioether (sulfide) groups is 2. The summed E-state index contributed by atoms with van der Waals surface area (Å²) in [5, 5.41) is 0.208. The van der Waals surface area contributed by atoms with Gasteiger partial charge in [-0.05, 0) is 18.4 Å². The van der Waals surface area contributed by atoms with Gasteiger partial charge in [-0.1, -0.05) is 0 Å². The number of aryl methyl sites for hydroxylation is 1. The zero-order valence-electron chi connectivity index (χ0n) is 9.55. The van der Waals surface area contributed by atoms with Crippen LogP contribution in [-0.2, 0) is 11.8 Å². The van der Waals surface area contributed by atoms with E-state index in [1.807, 2.05) is 24.2 Å². The van der Waals surface area contributed by atoms with Gasteiger partial charge < -0.3 is 9.47 Å². The van der Waals surface area contributed by atoms with E-state index in [1.165, 1.54) is 5.69 Å². The Hall–Kier alpha value is -0.550. The molecule has 1 aliphatic heterocycles. The van der Waals surface area contributed by atoms with Crippen LogP contribution < -0.4 is 0 Å². The Balaban J connectivity index is 2.14. The van der Waals surface area contributed by atoms with Gasteiger partial charge in [0.15, 0.2) is 0 Å². The number of amides is 1. The normalized spacial score (nSPS) is 20.8. The Labute approximate surface area is 105 Å². The first kappa shape index (κ1) is 11.9. The Bertz CT molecular complexity index is 378. The fourth-order valence-electron chi connectivity index (χ4n) is 1.86. The topological polar surface area (TPSA) is 25.2 Å². The van der Waals surface area contributed by atoms with Crippen molar-refractivity contribution in [1.29, 1.82) is 0 Å². The molecule has 0 saturated carbocycles. The molecule has 1 aromatic rings. The number of nitrogens with zero attached hydrogens (tertiary/aromatic N) is 2. The average molecular weight is 256 g/mol. The van der Waals surface area contributed by atoms with Crippen LogP contribution in [0.25, 0.3) is 0 Å². The van der Waals surface area contributed by atoms with E-state index in [2.05, 4.69) is 16.9 Å². The van der Waals surface area contributed by atoms with E-state index in [4.69, 9.17) is 0 Å². The Morgan fingerprint density at radius 2 is 2.44 bits per heavy atom. The summed E-state index contributed by atoms with van der Waals surface area (Å²) < 4.78 is 2.10. The molecule has 3 nitrogen and oxygen atoms in total. The van der Waals surface area contributed by atoms with Gasteiger partial charge in [-0.25, -0.2) is 0 Å². The fourth-order valence-corrected chi connectivity index (χ4v) is 3.53. The van der Waals surface area contributed by atoms with Crippen molar-refractivity contribution in [1.82, 2.24) is 9.47 Å². The van der Waals surface area contributed by atoms with Gasteiger partial charge in [0.25, 0.3) is 0 Å². The van der Waals surface area contributed by atoms with Gasteiger partial charge in [-0.15, -0.1) is 11.8 Å². The number of carbonyl (C=O) groups excluding carboxylic acids is 1. The molecular formula is C11H16N2OS2. The van der Waals surface area contributed by atoms with Crippen LogP contribution in [0, 0.1) is 0 Å². The lowest BCUT2D eigenvalue weighted by Gasteiger charge is -2.24. The first-order valence-corrected chi connectivity index (χ1v) is 7.69. The summed E-state index contributed by atoms with van der Waals surface area (Å²) in [5.41, 5.74) is 1.22. The maximum Gasteiger partial charge on any atom is 0.233 e. The van der Waals surface area contributed by atoms with E-state index in [0.29, 0.717) is 5.75 Å². The molecular weight excluding hydrogens is 240 g/mol. The molecule has 2 heterocycles. The lowest BCUT2D eigenvalue weighted by molar-refractivity contribution is -0.127. The van der Waals surface area contributed by atoms with E-state index >= 15 is 0 Å². The third-order valence-electron chi connectivity index (χ3n) is 2.74. The minimum atomic E-state index is 0.208. The number of hydrogen-bond acceptors (Lipinski definition) is 3. The van der Waals surface area contributed by atoms with E-state index < -0.39 is 0 Å². The van der Waals surface area contributed by atoms with Crippen LogP contribution in [0.3, 0.4) is 0 Å². The van der Waals surface area contributed by atoms with Gasteiger partial charge in [0.05, 0.1) is 11.4 Å². The molecule has 0 bridgehead atoms. The van der Waals surface area contributed by atoms with Crippen LogP contribution in [0.1, 0.15) is 11.1 Å². The summed E-state index contributed by atoms with van der Waals surface area (Å²) in [6.45, 7) is 0.850. The van der Waals surface area contributed by atoms with Gasteiger partial charge in [-0.2, -0.15) is 11.8 Å². The van der Waals surface area contributed by atoms with E-state index in [0.717, 1.165) is 12.3 Å². The van der Waals surface area contributed by atoms with E-state index in [-0.39, 0.29) is 11.3 Å². The summed E-state index contributed by atoms with van der Waals surface area (Å²) in [6, 6.07) is 4.13. The molecule has 1 atom stereocenters. The average Bonchev–Trinajstić information content (AvgIpc) is 2.82. The highest BCUT2D eigenvalue weighted by atomic mass is 32.2. The van der Waals surface area contributed by atoms with Crippen LogP contribution >= 0.6 is 23.5 Å². The third-order valence-corrected chi connectivity index (χ3v) is 4.56. The summed E-state index contributed by atoms with van der Waals surface area (Å²) in [4.78, 5) is 13.8. The molecule has 1 aromatic heterocycles. The Morgan fingerprint density at radius 1 is 1.62 bits per heavy atom. The predicted octanol–water partition coefficient (Wildman–Crippen LogP) is 1.96. The second kappa shape index (κ2) is 5.19. The molecule has 0 radical (unpaired) electrons. The lowest BCUT2D eigenvalue weighted by atomic mass is 10.3. The molecule has 1 saturated heterocycles. The minimum Gasteiger partial charge on any atom is -0.352 e. The molecule has 1 unspecified atom stereocenters. The summed E-state index contributed by atoms with van der Waals surface area (Å²) >= 11 is 3.51. The molecule has 2 rings (SSSR count). The smallest absolute Gasteiger partial charge is 0.233 e. The van der Waals surface area contributed by atoms with Crippen LogP contribution in [0.4, 0.5) is 0 Å². The SMILES string of the molecule is CSCCN1C(=O)CSC1c1cccn1C. The Morgan fingerprint density at radius 3 is 3.06 bits per heavy atom. The van der Waals surface area contributed by atoms with Gasteiger partial charge in [-0.3, -0.25) is 4.79 Å². The van der Waals surface area contributed by atoms with Crippen molar-refractivity contribution in [2.24, 2.45) is 7.05 Å². The van der Waals surface area contributed by atoms with Crippen LogP contribution in [0.2, 0.25) is 0 Å². The number of hydrogen-bond donors (Lipinski definition) is 0. The zero-order valence-corrected chi connectivity index (χ0v) is 11.2. The second-order valence-corrected chi connectivity index (χ2v) is 5.84. The lowest BCUT2D eigenvalue weighted by Crippen LogP contribution is -2.31. The molecule has 1 aliphatic rings. The van der Waals surface area contributed by atoms with Gasteiger partial charge in [0.2, 0.25) is 5.91 Å². The van der Waals surface area contributed by atoms with Crippen molar-refractivity contribution in [3.63, 3.8) is 0 Å². The molecule has 0 spiro atoms. The molecule has 1 amide bonds. The highest BCUT2D eigenvalue weighted by Crippen LogP contribution is 2.38. The highest BCUT2D eigenvalue weighted by Gasteiger charge is 2.33. The second-order valence-electron chi connectivity index (χ2n) is 3.79. The highest BCUT2D eigenvalue weighted by molar-refractivity contribution is 8.00. The number of carbonyl (C=O) groups is 1. The van der Waals surface area contributed by atoms with Gasteiger partial charge >= 0.3 is 0 Å². The molecule has 16 heavy (non-hydrogen) atoms. The molecule has 88 valence electrons. The molecule has 0 N–H and O–H groups in total. The van der Waals surface area contributed by atoms with Gasteiger partial charge in [0, 0.05) is 25.5 Å². The number of rotatable bonds is 4. The van der Waals surface area contributed by atoms with Crippen molar-refractivity contribution in [2.75, 3.05) is 24.3 Å². The maximum absolute atomic E-state index is 11.8. The van der Waals surface area contributed by atoms with E-state index in [1.54, 1.807) is 23.5 Å². The standard InChI is InChI=1S/C11H16N2OS2/c1-12-5-3-4-9(12)11-13(6-7-15-2)10(14)8-16-11/h3-5,11H,6-8H2,1-2H3. The first-order valence-electron chi connectivity index (χ1n) is 5.25. The third kappa shape index (κ3) is 2.25. The number of aromatic nitrogens is 1. The van der Waals surface area contributed by atoms with Crippen molar-refractivity contribution in [2.45, 2.75) is 5.37 Å².